The van der Waals surface area contributed by atoms with Gasteiger partial charge in [0.25, 0.3) is 0 Å². The zero-order valence-electron chi connectivity index (χ0n) is 15.7. The zero-order valence-corrected chi connectivity index (χ0v) is 17.3. The lowest BCUT2D eigenvalue weighted by atomic mass is 9.98. The predicted octanol–water partition coefficient (Wildman–Crippen LogP) is 3.52. The van der Waals surface area contributed by atoms with E-state index in [1.54, 1.807) is 0 Å². The minimum atomic E-state index is -0.00253. The lowest BCUT2D eigenvalue weighted by Crippen LogP contribution is -2.46. The molecule has 2 fully saturated rings. The van der Waals surface area contributed by atoms with Gasteiger partial charge in [-0.2, -0.15) is 0 Å². The molecule has 0 spiro atoms. The van der Waals surface area contributed by atoms with Crippen molar-refractivity contribution in [3.8, 4) is 0 Å². The Morgan fingerprint density at radius 2 is 1.88 bits per heavy atom. The van der Waals surface area contributed by atoms with E-state index in [1.165, 1.54) is 43.5 Å². The highest BCUT2D eigenvalue weighted by Crippen LogP contribution is 2.18. The number of piperidine rings is 2. The maximum Gasteiger partial charge on any atom is 0.237 e. The van der Waals surface area contributed by atoms with E-state index in [0.29, 0.717) is 6.54 Å². The minimum Gasteiger partial charge on any atom is -0.351 e. The van der Waals surface area contributed by atoms with Crippen molar-refractivity contribution in [2.45, 2.75) is 58.2 Å². The number of carbonyl (C=O) groups is 1. The molecule has 0 bridgehead atoms. The van der Waals surface area contributed by atoms with Crippen LogP contribution in [0, 0.1) is 5.92 Å². The Morgan fingerprint density at radius 3 is 2.58 bits per heavy atom. The monoisotopic (exact) mass is 401 g/mol. The maximum absolute atomic E-state index is 12.2. The third kappa shape index (κ3) is 7.07. The highest BCUT2D eigenvalue weighted by atomic mass is 35.5. The summed E-state index contributed by atoms with van der Waals surface area (Å²) in [5.41, 5.74) is 2.55. The molecule has 2 N–H and O–H groups in total. The first-order valence-corrected chi connectivity index (χ1v) is 9.52. The van der Waals surface area contributed by atoms with Crippen molar-refractivity contribution in [2.75, 3.05) is 19.6 Å². The fourth-order valence-corrected chi connectivity index (χ4v) is 3.70. The number of benzene rings is 1. The molecule has 148 valence electrons. The van der Waals surface area contributed by atoms with Gasteiger partial charge in [-0.25, -0.2) is 0 Å². The average Bonchev–Trinajstić information content (AvgIpc) is 2.63. The van der Waals surface area contributed by atoms with Gasteiger partial charge in [0.2, 0.25) is 5.91 Å². The van der Waals surface area contributed by atoms with Gasteiger partial charge in [-0.15, -0.1) is 24.8 Å². The molecule has 0 unspecified atom stereocenters. The number of amides is 1. The molecule has 2 aliphatic heterocycles. The Hall–Kier alpha value is -0.810. The minimum absolute atomic E-state index is 0. The van der Waals surface area contributed by atoms with Crippen molar-refractivity contribution in [2.24, 2.45) is 5.92 Å². The first-order valence-electron chi connectivity index (χ1n) is 9.52. The molecule has 4 nitrogen and oxygen atoms in total. The third-order valence-corrected chi connectivity index (χ3v) is 5.37. The van der Waals surface area contributed by atoms with Gasteiger partial charge < -0.3 is 10.6 Å². The van der Waals surface area contributed by atoms with E-state index in [4.69, 9.17) is 0 Å². The van der Waals surface area contributed by atoms with Crippen LogP contribution in [0.1, 0.15) is 50.2 Å². The number of likely N-dealkylation sites (tertiary alicyclic amines) is 1. The summed E-state index contributed by atoms with van der Waals surface area (Å²) in [4.78, 5) is 14.8. The number of rotatable bonds is 5. The lowest BCUT2D eigenvalue weighted by molar-refractivity contribution is -0.123. The molecule has 1 amide bonds. The van der Waals surface area contributed by atoms with Crippen LogP contribution in [0.25, 0.3) is 0 Å². The Bertz CT molecular complexity index is 542. The van der Waals surface area contributed by atoms with Gasteiger partial charge in [0.1, 0.15) is 0 Å². The number of nitrogens with zero attached hydrogens (tertiary/aromatic N) is 1. The molecule has 1 aromatic carbocycles. The molecule has 0 radical (unpaired) electrons. The second-order valence-corrected chi connectivity index (χ2v) is 7.50. The summed E-state index contributed by atoms with van der Waals surface area (Å²) >= 11 is 0. The van der Waals surface area contributed by atoms with Gasteiger partial charge in [0.15, 0.2) is 0 Å². The van der Waals surface area contributed by atoms with Crippen molar-refractivity contribution in [3.05, 3.63) is 35.4 Å². The molecule has 6 heteroatoms. The molecular weight excluding hydrogens is 369 g/mol. The van der Waals surface area contributed by atoms with E-state index in [-0.39, 0.29) is 36.8 Å². The second kappa shape index (κ2) is 11.8. The fraction of sp³-hybridized carbons (Fsp3) is 0.650. The quantitative estimate of drug-likeness (QED) is 0.792. The molecule has 2 heterocycles. The van der Waals surface area contributed by atoms with Crippen LogP contribution in [0.4, 0.5) is 0 Å². The van der Waals surface area contributed by atoms with Crippen LogP contribution in [-0.4, -0.2) is 36.5 Å². The molecule has 1 atom stereocenters. The summed E-state index contributed by atoms with van der Waals surface area (Å²) < 4.78 is 0. The molecule has 0 saturated carbocycles. The Kier molecular flexibility index (Phi) is 10.6. The maximum atomic E-state index is 12.2. The summed E-state index contributed by atoms with van der Waals surface area (Å²) in [6, 6.07) is 8.66. The fourth-order valence-electron chi connectivity index (χ4n) is 3.70. The topological polar surface area (TPSA) is 44.4 Å². The summed E-state index contributed by atoms with van der Waals surface area (Å²) in [6.07, 6.45) is 5.91. The van der Waals surface area contributed by atoms with E-state index in [0.717, 1.165) is 31.8 Å². The summed E-state index contributed by atoms with van der Waals surface area (Å²) in [5, 5.41) is 6.40. The van der Waals surface area contributed by atoms with E-state index >= 15 is 0 Å². The van der Waals surface area contributed by atoms with Gasteiger partial charge in [0.05, 0.1) is 6.04 Å². The van der Waals surface area contributed by atoms with Crippen molar-refractivity contribution in [1.82, 2.24) is 15.5 Å². The van der Waals surface area contributed by atoms with Crippen LogP contribution in [0.15, 0.2) is 24.3 Å². The van der Waals surface area contributed by atoms with E-state index in [2.05, 4.69) is 46.7 Å². The van der Waals surface area contributed by atoms with Crippen molar-refractivity contribution >= 4 is 30.7 Å². The summed E-state index contributed by atoms with van der Waals surface area (Å²) in [6.45, 7) is 7.37. The van der Waals surface area contributed by atoms with Crippen molar-refractivity contribution < 1.29 is 4.79 Å². The molecule has 1 aromatic rings. The molecule has 2 saturated heterocycles. The Morgan fingerprint density at radius 1 is 1.15 bits per heavy atom. The number of hydrogen-bond acceptors (Lipinski definition) is 3. The number of halogens is 2. The zero-order chi connectivity index (χ0) is 16.8. The number of hydrogen-bond donors (Lipinski definition) is 2. The number of carbonyl (C=O) groups excluding carboxylic acids is 1. The predicted molar refractivity (Wildman–Crippen MR) is 112 cm³/mol. The van der Waals surface area contributed by atoms with Gasteiger partial charge in [-0.3, -0.25) is 9.69 Å². The van der Waals surface area contributed by atoms with Crippen LogP contribution < -0.4 is 10.6 Å². The molecular formula is C20H33Cl2N3O. The van der Waals surface area contributed by atoms with Crippen LogP contribution in [-0.2, 0) is 17.9 Å². The molecule has 0 aliphatic carbocycles. The smallest absolute Gasteiger partial charge is 0.237 e. The Balaban J connectivity index is 0.00000169. The van der Waals surface area contributed by atoms with Gasteiger partial charge >= 0.3 is 0 Å². The summed E-state index contributed by atoms with van der Waals surface area (Å²) in [5.74, 6) is 1.02. The van der Waals surface area contributed by atoms with Gasteiger partial charge in [-0.1, -0.05) is 37.6 Å². The van der Waals surface area contributed by atoms with Crippen LogP contribution in [0.3, 0.4) is 0 Å². The van der Waals surface area contributed by atoms with Crippen LogP contribution in [0.2, 0.25) is 0 Å². The third-order valence-electron chi connectivity index (χ3n) is 5.37. The first-order chi connectivity index (χ1) is 11.7. The Labute approximate surface area is 170 Å². The molecule has 0 aromatic heterocycles. The SMILES string of the molecule is CC1CCN(Cc2cccc(CNC(=O)[C@H]3CCCCN3)c2)CC1.Cl.Cl. The molecule has 2 aliphatic rings. The largest absolute Gasteiger partial charge is 0.351 e. The molecule has 26 heavy (non-hydrogen) atoms. The van der Waals surface area contributed by atoms with Gasteiger partial charge in [0, 0.05) is 13.1 Å². The van der Waals surface area contributed by atoms with E-state index < -0.39 is 0 Å². The highest BCUT2D eigenvalue weighted by molar-refractivity contribution is 5.85. The number of nitrogens with one attached hydrogen (secondary N) is 2. The standard InChI is InChI=1S/C20H31N3O.2ClH/c1-16-8-11-23(12-9-16)15-18-6-4-5-17(13-18)14-22-20(24)19-7-2-3-10-21-19;;/h4-6,13,16,19,21H,2-3,7-12,14-15H2,1H3,(H,22,24);2*1H/t19-;;/m1../s1. The van der Waals surface area contributed by atoms with Crippen LogP contribution in [0.5, 0.6) is 0 Å². The highest BCUT2D eigenvalue weighted by Gasteiger charge is 2.20. The first kappa shape index (κ1) is 23.2. The molecule has 3 rings (SSSR count). The summed E-state index contributed by atoms with van der Waals surface area (Å²) in [7, 11) is 0. The van der Waals surface area contributed by atoms with Gasteiger partial charge in [-0.05, 0) is 62.4 Å². The average molecular weight is 402 g/mol. The van der Waals surface area contributed by atoms with Crippen molar-refractivity contribution in [1.29, 1.82) is 0 Å². The van der Waals surface area contributed by atoms with E-state index in [1.807, 2.05) is 0 Å². The normalized spacial score (nSPS) is 21.3. The van der Waals surface area contributed by atoms with Crippen molar-refractivity contribution in [3.63, 3.8) is 0 Å². The van der Waals surface area contributed by atoms with E-state index in [9.17, 15) is 4.79 Å². The second-order valence-electron chi connectivity index (χ2n) is 7.50. The lowest BCUT2D eigenvalue weighted by Gasteiger charge is -2.30. The van der Waals surface area contributed by atoms with Crippen LogP contribution >= 0.6 is 24.8 Å².